The van der Waals surface area contributed by atoms with Crippen LogP contribution in [0.5, 0.6) is 5.75 Å². The molecule has 2 N–H and O–H groups in total. The summed E-state index contributed by atoms with van der Waals surface area (Å²) in [5, 5.41) is 6.00. The number of hydrogen-bond acceptors (Lipinski definition) is 5. The molecule has 0 aliphatic carbocycles. The molecule has 0 aliphatic rings. The van der Waals surface area contributed by atoms with Crippen molar-refractivity contribution in [1.29, 1.82) is 0 Å². The Kier molecular flexibility index (Phi) is 8.05. The fraction of sp³-hybridized carbons (Fsp3) is 0.200. The second-order valence-electron chi connectivity index (χ2n) is 6.96. The van der Waals surface area contributed by atoms with Crippen molar-refractivity contribution >= 4 is 17.6 Å². The molecule has 0 bridgehead atoms. The molecule has 2 atom stereocenters. The van der Waals surface area contributed by atoms with Gasteiger partial charge in [-0.2, -0.15) is 0 Å². The van der Waals surface area contributed by atoms with Crippen LogP contribution in [0.2, 0.25) is 0 Å². The van der Waals surface area contributed by atoms with Crippen molar-refractivity contribution in [2.75, 3.05) is 19.0 Å². The zero-order chi connectivity index (χ0) is 21.9. The number of esters is 1. The van der Waals surface area contributed by atoms with Crippen molar-refractivity contribution in [1.82, 2.24) is 5.32 Å². The molecule has 160 valence electrons. The maximum Gasteiger partial charge on any atom is 0.328 e. The first-order valence-corrected chi connectivity index (χ1v) is 10.1. The van der Waals surface area contributed by atoms with Crippen LogP contribution in [-0.2, 0) is 20.7 Å². The third kappa shape index (κ3) is 6.89. The van der Waals surface area contributed by atoms with Gasteiger partial charge < -0.3 is 20.1 Å². The standard InChI is InChI=1S/C25H26N2O4/c1-30-25(29)22(17-19-11-5-2-6-12-19)27-24(28)23(26-20-13-7-3-8-14-20)18-31-21-15-9-4-10-16-21/h2-16,22-23,26H,17-18H2,1H3,(H,27,28)/t22-,23-/m0/s1. The van der Waals surface area contributed by atoms with E-state index >= 15 is 0 Å². The molecule has 0 unspecified atom stereocenters. The largest absolute Gasteiger partial charge is 0.491 e. The van der Waals surface area contributed by atoms with E-state index < -0.39 is 18.1 Å². The van der Waals surface area contributed by atoms with Gasteiger partial charge in [0, 0.05) is 12.1 Å². The molecule has 0 saturated heterocycles. The second-order valence-corrected chi connectivity index (χ2v) is 6.96. The number of methoxy groups -OCH3 is 1. The van der Waals surface area contributed by atoms with E-state index in [0.29, 0.717) is 12.2 Å². The van der Waals surface area contributed by atoms with Crippen LogP contribution < -0.4 is 15.4 Å². The summed E-state index contributed by atoms with van der Waals surface area (Å²) >= 11 is 0. The van der Waals surface area contributed by atoms with Gasteiger partial charge in [-0.15, -0.1) is 0 Å². The van der Waals surface area contributed by atoms with Crippen molar-refractivity contribution in [2.45, 2.75) is 18.5 Å². The van der Waals surface area contributed by atoms with Gasteiger partial charge in [0.05, 0.1) is 7.11 Å². The number of carbonyl (C=O) groups is 2. The van der Waals surface area contributed by atoms with Crippen LogP contribution in [0.3, 0.4) is 0 Å². The van der Waals surface area contributed by atoms with Gasteiger partial charge in [0.25, 0.3) is 0 Å². The van der Waals surface area contributed by atoms with Crippen LogP contribution in [0.15, 0.2) is 91.0 Å². The van der Waals surface area contributed by atoms with Crippen molar-refractivity contribution in [3.8, 4) is 5.75 Å². The van der Waals surface area contributed by atoms with Crippen molar-refractivity contribution in [3.05, 3.63) is 96.6 Å². The van der Waals surface area contributed by atoms with E-state index in [4.69, 9.17) is 9.47 Å². The number of hydrogen-bond donors (Lipinski definition) is 2. The third-order valence-electron chi connectivity index (χ3n) is 4.68. The van der Waals surface area contributed by atoms with E-state index in [1.54, 1.807) is 0 Å². The molecule has 0 fully saturated rings. The first kappa shape index (κ1) is 21.9. The Morgan fingerprint density at radius 2 is 1.39 bits per heavy atom. The monoisotopic (exact) mass is 418 g/mol. The molecular formula is C25H26N2O4. The summed E-state index contributed by atoms with van der Waals surface area (Å²) in [6.07, 6.45) is 0.330. The van der Waals surface area contributed by atoms with Gasteiger partial charge in [0.1, 0.15) is 24.4 Å². The smallest absolute Gasteiger partial charge is 0.328 e. The van der Waals surface area contributed by atoms with E-state index in [1.165, 1.54) is 7.11 Å². The molecule has 3 rings (SSSR count). The second kappa shape index (κ2) is 11.4. The average Bonchev–Trinajstić information content (AvgIpc) is 2.82. The Hall–Kier alpha value is -3.80. The molecule has 0 radical (unpaired) electrons. The van der Waals surface area contributed by atoms with Crippen LogP contribution in [0.4, 0.5) is 5.69 Å². The number of anilines is 1. The number of para-hydroxylation sites is 2. The van der Waals surface area contributed by atoms with Gasteiger partial charge in [-0.05, 0) is 29.8 Å². The van der Waals surface area contributed by atoms with Gasteiger partial charge >= 0.3 is 5.97 Å². The van der Waals surface area contributed by atoms with Crippen LogP contribution in [0.25, 0.3) is 0 Å². The first-order chi connectivity index (χ1) is 15.2. The van der Waals surface area contributed by atoms with Gasteiger partial charge in [-0.1, -0.05) is 66.7 Å². The Balaban J connectivity index is 1.73. The molecular weight excluding hydrogens is 392 g/mol. The fourth-order valence-corrected chi connectivity index (χ4v) is 3.07. The molecule has 0 saturated carbocycles. The Morgan fingerprint density at radius 1 is 0.806 bits per heavy atom. The zero-order valence-electron chi connectivity index (χ0n) is 17.4. The summed E-state index contributed by atoms with van der Waals surface area (Å²) in [7, 11) is 1.31. The lowest BCUT2D eigenvalue weighted by atomic mass is 10.1. The summed E-state index contributed by atoms with van der Waals surface area (Å²) < 4.78 is 10.7. The Bertz CT molecular complexity index is 949. The maximum absolute atomic E-state index is 13.1. The van der Waals surface area contributed by atoms with Crippen molar-refractivity contribution in [2.24, 2.45) is 0 Å². The van der Waals surface area contributed by atoms with Gasteiger partial charge in [-0.3, -0.25) is 4.79 Å². The molecule has 0 aliphatic heterocycles. The van der Waals surface area contributed by atoms with Crippen LogP contribution in [0.1, 0.15) is 5.56 Å². The molecule has 31 heavy (non-hydrogen) atoms. The number of nitrogens with one attached hydrogen (secondary N) is 2. The first-order valence-electron chi connectivity index (χ1n) is 10.1. The molecule has 0 heterocycles. The molecule has 0 spiro atoms. The van der Waals surface area contributed by atoms with Gasteiger partial charge in [-0.25, -0.2) is 4.79 Å². The summed E-state index contributed by atoms with van der Waals surface area (Å²) in [5.74, 6) is -0.199. The summed E-state index contributed by atoms with van der Waals surface area (Å²) in [6.45, 7) is 0.0873. The molecule has 0 aromatic heterocycles. The molecule has 6 nitrogen and oxygen atoms in total. The minimum Gasteiger partial charge on any atom is -0.491 e. The number of benzene rings is 3. The van der Waals surface area contributed by atoms with Gasteiger partial charge in [0.15, 0.2) is 0 Å². The van der Waals surface area contributed by atoms with E-state index in [9.17, 15) is 9.59 Å². The molecule has 6 heteroatoms. The highest BCUT2D eigenvalue weighted by atomic mass is 16.5. The average molecular weight is 418 g/mol. The quantitative estimate of drug-likeness (QED) is 0.493. The lowest BCUT2D eigenvalue weighted by Crippen LogP contribution is -2.51. The lowest BCUT2D eigenvalue weighted by Gasteiger charge is -2.23. The van der Waals surface area contributed by atoms with E-state index in [1.807, 2.05) is 91.0 Å². The maximum atomic E-state index is 13.1. The summed E-state index contributed by atoms with van der Waals surface area (Å²) in [5.41, 5.74) is 1.70. The van der Waals surface area contributed by atoms with E-state index in [-0.39, 0.29) is 12.5 Å². The Labute approximate surface area is 182 Å². The summed E-state index contributed by atoms with van der Waals surface area (Å²) in [6, 6.07) is 26.6. The van der Waals surface area contributed by atoms with E-state index in [0.717, 1.165) is 11.3 Å². The minimum atomic E-state index is -0.809. The molecule has 3 aromatic carbocycles. The summed E-state index contributed by atoms with van der Waals surface area (Å²) in [4.78, 5) is 25.5. The Morgan fingerprint density at radius 3 is 2.00 bits per heavy atom. The number of ether oxygens (including phenoxy) is 2. The van der Waals surface area contributed by atoms with Crippen molar-refractivity contribution < 1.29 is 19.1 Å². The van der Waals surface area contributed by atoms with Crippen LogP contribution >= 0.6 is 0 Å². The van der Waals surface area contributed by atoms with Crippen molar-refractivity contribution in [3.63, 3.8) is 0 Å². The highest BCUT2D eigenvalue weighted by molar-refractivity contribution is 5.89. The van der Waals surface area contributed by atoms with Crippen LogP contribution in [0, 0.1) is 0 Å². The number of rotatable bonds is 10. The zero-order valence-corrected chi connectivity index (χ0v) is 17.4. The molecule has 1 amide bonds. The predicted octanol–water partition coefficient (Wildman–Crippen LogP) is 3.45. The number of carbonyl (C=O) groups excluding carboxylic acids is 2. The predicted molar refractivity (Wildman–Crippen MR) is 120 cm³/mol. The topological polar surface area (TPSA) is 76.7 Å². The SMILES string of the molecule is COC(=O)[C@H](Cc1ccccc1)NC(=O)[C@H](COc1ccccc1)Nc1ccccc1. The molecule has 3 aromatic rings. The minimum absolute atomic E-state index is 0.0873. The third-order valence-corrected chi connectivity index (χ3v) is 4.68. The highest BCUT2D eigenvalue weighted by Gasteiger charge is 2.27. The van der Waals surface area contributed by atoms with Gasteiger partial charge in [0.2, 0.25) is 5.91 Å². The fourth-order valence-electron chi connectivity index (χ4n) is 3.07. The normalized spacial score (nSPS) is 12.3. The lowest BCUT2D eigenvalue weighted by molar-refractivity contribution is -0.145. The highest BCUT2D eigenvalue weighted by Crippen LogP contribution is 2.12. The number of amides is 1. The van der Waals surface area contributed by atoms with E-state index in [2.05, 4.69) is 10.6 Å². The van der Waals surface area contributed by atoms with Crippen LogP contribution in [-0.4, -0.2) is 37.7 Å².